The van der Waals surface area contributed by atoms with Crippen LogP contribution < -0.4 is 31.0 Å². The van der Waals surface area contributed by atoms with E-state index < -0.39 is 88.1 Å². The highest BCUT2D eigenvalue weighted by Crippen LogP contribution is 2.43. The van der Waals surface area contributed by atoms with E-state index in [1.165, 1.54) is 64.8 Å². The minimum Gasteiger partial charge on any atom is -0.507 e. The third-order valence-electron chi connectivity index (χ3n) is 14.6. The average molecular weight is 960 g/mol. The molecule has 3 aliphatic rings. The molecular weight excluding hydrogens is 899 g/mol. The number of nitrogens with one attached hydrogen (secondary N) is 1. The molecule has 1 saturated heterocycles. The molecule has 0 radical (unpaired) electrons. The SMILES string of the molecule is CO[C@H]1/C=C/O[C@@]2(C)Oc3c(C)c(O)c4c(=O)c(c5oc6cc(N7CCC(c8ccccc8)CC7)cc(=O)c6nc5c4c3=C2O)NC(=O)/C(C)=C\C=C\[C@H](C)[C@H](O)[C@@H](C)[C@@H](O)[C@@H](C)[C@H](OC(C)=O)[C@@H]1C. The number of aliphatic hydroxyl groups excluding tert-OH is 3. The Morgan fingerprint density at radius 1 is 0.914 bits per heavy atom. The van der Waals surface area contributed by atoms with Gasteiger partial charge in [0.1, 0.15) is 28.8 Å². The first-order chi connectivity index (χ1) is 33.3. The van der Waals surface area contributed by atoms with Gasteiger partial charge in [0.2, 0.25) is 10.9 Å². The van der Waals surface area contributed by atoms with Crippen molar-refractivity contribution in [1.29, 1.82) is 0 Å². The van der Waals surface area contributed by atoms with Crippen molar-refractivity contribution in [3.8, 4) is 11.5 Å². The number of hydrogen-bond donors (Lipinski definition) is 5. The molecule has 370 valence electrons. The zero-order chi connectivity index (χ0) is 50.5. The highest BCUT2D eigenvalue weighted by Gasteiger charge is 2.44. The zero-order valence-electron chi connectivity index (χ0n) is 40.8. The lowest BCUT2D eigenvalue weighted by Crippen LogP contribution is -2.46. The summed E-state index contributed by atoms with van der Waals surface area (Å²) in [4.78, 5) is 62.5. The van der Waals surface area contributed by atoms with Gasteiger partial charge in [-0.15, -0.1) is 0 Å². The number of aromatic hydroxyl groups is 1. The molecule has 5 N–H and O–H groups in total. The van der Waals surface area contributed by atoms with Crippen LogP contribution in [-0.4, -0.2) is 87.7 Å². The molecule has 0 spiro atoms. The van der Waals surface area contributed by atoms with E-state index in [0.29, 0.717) is 24.7 Å². The van der Waals surface area contributed by atoms with Gasteiger partial charge < -0.3 is 54.0 Å². The van der Waals surface area contributed by atoms with Crippen LogP contribution in [0.1, 0.15) is 78.4 Å². The molecule has 0 unspecified atom stereocenters. The number of ether oxygens (including phenoxy) is 4. The zero-order valence-corrected chi connectivity index (χ0v) is 40.8. The lowest BCUT2D eigenvalue weighted by molar-refractivity contribution is -0.160. The molecule has 1 amide bonds. The van der Waals surface area contributed by atoms with Crippen LogP contribution in [0.25, 0.3) is 38.7 Å². The Balaban J connectivity index is 1.32. The van der Waals surface area contributed by atoms with E-state index in [-0.39, 0.29) is 60.8 Å². The minimum atomic E-state index is -1.99. The molecule has 8 rings (SSSR count). The number of nitrogens with zero attached hydrogens (tertiary/aromatic N) is 2. The number of piperidine rings is 1. The summed E-state index contributed by atoms with van der Waals surface area (Å²) in [5.74, 6) is -6.60. The molecule has 1 aromatic heterocycles. The van der Waals surface area contributed by atoms with Gasteiger partial charge >= 0.3 is 11.8 Å². The van der Waals surface area contributed by atoms with Gasteiger partial charge in [0, 0.05) is 92.1 Å². The number of benzene rings is 4. The summed E-state index contributed by atoms with van der Waals surface area (Å²) in [6, 6.07) is 13.4. The number of rotatable bonds is 4. The molecule has 0 saturated carbocycles. The standard InChI is InChI=1S/C54H61N3O13/c1-26-14-13-15-27(2)53(65)56-44-48(63)40-39(43-51(44)69-38-25-35(24-36(59)42(38)55-43)57-21-18-34(19-22-57)33-16-11-10-12-17-33)41-50(31(6)47(40)62)70-54(8,52(41)64)67-23-20-37(66-9)28(3)49(68-32(7)58)30(5)46(61)29(4)45(26)60/h10-17,20,23-26,28-30,34,37,45-46,49,60-62,64H,18-19,21-22H2,1-9H3,(H,56,65)/b14-13+,23-20+,27-15-/t26-,28+,29+,30+,37-,45-,46+,49+,54-/m0/s1. The minimum absolute atomic E-state index is 0.0349. The second kappa shape index (κ2) is 19.6. The molecule has 3 aliphatic heterocycles. The van der Waals surface area contributed by atoms with E-state index in [4.69, 9.17) is 28.3 Å². The summed E-state index contributed by atoms with van der Waals surface area (Å²) in [7, 11) is 1.45. The van der Waals surface area contributed by atoms with Crippen LogP contribution in [0, 0.1) is 30.6 Å². The first-order valence-corrected chi connectivity index (χ1v) is 23.7. The van der Waals surface area contributed by atoms with Gasteiger partial charge in [-0.2, -0.15) is 0 Å². The van der Waals surface area contributed by atoms with Crippen molar-refractivity contribution in [3.63, 3.8) is 0 Å². The van der Waals surface area contributed by atoms with Crippen molar-refractivity contribution in [2.45, 2.75) is 104 Å². The van der Waals surface area contributed by atoms with E-state index in [9.17, 15) is 39.6 Å². The second-order valence-electron chi connectivity index (χ2n) is 19.2. The van der Waals surface area contributed by atoms with Gasteiger partial charge in [0.15, 0.2) is 22.4 Å². The van der Waals surface area contributed by atoms with E-state index in [2.05, 4.69) is 22.3 Å². The normalized spacial score (nSPS) is 28.8. The van der Waals surface area contributed by atoms with E-state index in [1.54, 1.807) is 45.9 Å². The van der Waals surface area contributed by atoms with Crippen molar-refractivity contribution in [3.05, 3.63) is 115 Å². The van der Waals surface area contributed by atoms with Gasteiger partial charge in [0.25, 0.3) is 5.91 Å². The summed E-state index contributed by atoms with van der Waals surface area (Å²) >= 11 is 0. The number of allylic oxidation sites excluding steroid dienone is 2. The Hall–Kier alpha value is -6.75. The van der Waals surface area contributed by atoms with E-state index in [0.717, 1.165) is 12.8 Å². The fraction of sp³-hybridized carbons (Fsp3) is 0.426. The van der Waals surface area contributed by atoms with Gasteiger partial charge in [0.05, 0.1) is 35.2 Å². The highest BCUT2D eigenvalue weighted by molar-refractivity contribution is 6.16. The van der Waals surface area contributed by atoms with Gasteiger partial charge in [-0.25, -0.2) is 4.98 Å². The fourth-order valence-electron chi connectivity index (χ4n) is 10.3. The predicted molar refractivity (Wildman–Crippen MR) is 266 cm³/mol. The summed E-state index contributed by atoms with van der Waals surface area (Å²) in [5, 5.41) is 49.4. The average Bonchev–Trinajstić information content (AvgIpc) is 3.61. The van der Waals surface area contributed by atoms with Crippen molar-refractivity contribution in [1.82, 2.24) is 4.98 Å². The Bertz CT molecular complexity index is 3140. The maximum atomic E-state index is 14.9. The summed E-state index contributed by atoms with van der Waals surface area (Å²) < 4.78 is 30.6. The number of fused-ring (bicyclic) bond motifs is 2. The van der Waals surface area contributed by atoms with Crippen molar-refractivity contribution < 1.29 is 53.4 Å². The number of carbonyl (C=O) groups excluding carboxylic acids is 2. The fourth-order valence-corrected chi connectivity index (χ4v) is 10.3. The second-order valence-corrected chi connectivity index (χ2v) is 19.2. The third-order valence-corrected chi connectivity index (χ3v) is 14.6. The van der Waals surface area contributed by atoms with Crippen LogP contribution in [0.2, 0.25) is 0 Å². The van der Waals surface area contributed by atoms with Crippen LogP contribution in [0.3, 0.4) is 0 Å². The number of esters is 1. The molecule has 70 heavy (non-hydrogen) atoms. The molecule has 4 aromatic carbocycles. The Labute approximate surface area is 404 Å². The molecule has 16 nitrogen and oxygen atoms in total. The number of hydrogen-bond acceptors (Lipinski definition) is 15. The number of phenols is 1. The van der Waals surface area contributed by atoms with Crippen molar-refractivity contribution in [2.24, 2.45) is 23.7 Å². The largest absolute Gasteiger partial charge is 0.507 e. The summed E-state index contributed by atoms with van der Waals surface area (Å²) in [5.41, 5.74) is -0.126. The number of aliphatic hydroxyl groups is 3. The number of aromatic nitrogens is 1. The van der Waals surface area contributed by atoms with Crippen LogP contribution in [0.15, 0.2) is 92.6 Å². The summed E-state index contributed by atoms with van der Waals surface area (Å²) in [6.45, 7) is 13.9. The quantitative estimate of drug-likeness (QED) is 0.0698. The molecule has 4 heterocycles. The molecule has 0 aliphatic carbocycles. The third kappa shape index (κ3) is 8.99. The first-order valence-electron chi connectivity index (χ1n) is 23.7. The molecule has 16 heteroatoms. The van der Waals surface area contributed by atoms with Crippen LogP contribution in [0.4, 0.5) is 11.4 Å². The smallest absolute Gasteiger partial charge is 0.307 e. The molecular formula is C54H61N3O13. The number of phenolic OH excluding ortho intramolecular Hbond substituents is 1. The maximum absolute atomic E-state index is 14.9. The lowest BCUT2D eigenvalue weighted by Gasteiger charge is -2.38. The Morgan fingerprint density at radius 2 is 1.61 bits per heavy atom. The summed E-state index contributed by atoms with van der Waals surface area (Å²) in [6.07, 6.45) is 5.26. The van der Waals surface area contributed by atoms with E-state index in [1.807, 2.05) is 18.2 Å². The van der Waals surface area contributed by atoms with Crippen LogP contribution >= 0.6 is 0 Å². The number of carbonyl (C=O) groups is 2. The number of amides is 1. The van der Waals surface area contributed by atoms with Crippen LogP contribution in [0.5, 0.6) is 11.5 Å². The number of methoxy groups -OCH3 is 1. The Kier molecular flexibility index (Phi) is 13.9. The monoisotopic (exact) mass is 959 g/mol. The predicted octanol–water partition coefficient (Wildman–Crippen LogP) is 6.94. The maximum Gasteiger partial charge on any atom is 0.307 e. The first kappa shape index (κ1) is 49.7. The van der Waals surface area contributed by atoms with Gasteiger partial charge in [-0.1, -0.05) is 76.3 Å². The Morgan fingerprint density at radius 3 is 2.29 bits per heavy atom. The molecule has 5 aromatic rings. The molecule has 1 fully saturated rings. The van der Waals surface area contributed by atoms with E-state index >= 15 is 0 Å². The van der Waals surface area contributed by atoms with Crippen molar-refractivity contribution >= 4 is 62.0 Å². The number of anilines is 2. The lowest BCUT2D eigenvalue weighted by atomic mass is 9.78. The molecule has 9 atom stereocenters. The van der Waals surface area contributed by atoms with Gasteiger partial charge in [-0.05, 0) is 44.2 Å². The molecule has 4 bridgehead atoms. The van der Waals surface area contributed by atoms with Crippen molar-refractivity contribution in [2.75, 3.05) is 30.4 Å². The highest BCUT2D eigenvalue weighted by atomic mass is 16.7. The van der Waals surface area contributed by atoms with Crippen LogP contribution in [-0.2, 0) is 23.8 Å². The topological polar surface area (TPSA) is 227 Å². The van der Waals surface area contributed by atoms with Gasteiger partial charge in [-0.3, -0.25) is 19.2 Å².